The Balaban J connectivity index is 2.78. The number of benzene rings is 1. The Kier molecular flexibility index (Phi) is 5.75. The lowest BCUT2D eigenvalue weighted by Crippen LogP contribution is -2.11. The third kappa shape index (κ3) is 3.73. The van der Waals surface area contributed by atoms with Gasteiger partial charge in [0.05, 0.1) is 4.47 Å². The molecule has 0 fully saturated rings. The second-order valence-electron chi connectivity index (χ2n) is 3.72. The number of halogens is 2. The summed E-state index contributed by atoms with van der Waals surface area (Å²) in [5, 5.41) is 9.88. The lowest BCUT2D eigenvalue weighted by Gasteiger charge is -2.15. The van der Waals surface area contributed by atoms with Crippen LogP contribution >= 0.6 is 31.9 Å². The van der Waals surface area contributed by atoms with Gasteiger partial charge in [0.15, 0.2) is 0 Å². The van der Waals surface area contributed by atoms with Gasteiger partial charge in [0.2, 0.25) is 0 Å². The largest absolute Gasteiger partial charge is 0.506 e. The van der Waals surface area contributed by atoms with Gasteiger partial charge in [0.25, 0.3) is 0 Å². The minimum atomic E-state index is -0.152. The van der Waals surface area contributed by atoms with Crippen molar-refractivity contribution in [2.45, 2.75) is 25.3 Å². The van der Waals surface area contributed by atoms with Crippen LogP contribution in [0, 0.1) is 0 Å². The zero-order chi connectivity index (χ0) is 12.1. The summed E-state index contributed by atoms with van der Waals surface area (Å²) >= 11 is 6.67. The van der Waals surface area contributed by atoms with Gasteiger partial charge in [0.1, 0.15) is 5.75 Å². The quantitative estimate of drug-likeness (QED) is 0.714. The molecule has 0 saturated heterocycles. The third-order valence-corrected chi connectivity index (χ3v) is 3.49. The van der Waals surface area contributed by atoms with Crippen molar-refractivity contribution < 1.29 is 5.11 Å². The predicted octanol–water partition coefficient (Wildman–Crippen LogP) is 3.05. The lowest BCUT2D eigenvalue weighted by atomic mass is 10.0. The van der Waals surface area contributed by atoms with Crippen LogP contribution in [0.2, 0.25) is 0 Å². The van der Waals surface area contributed by atoms with E-state index in [1.165, 1.54) is 0 Å². The van der Waals surface area contributed by atoms with E-state index in [2.05, 4.69) is 31.9 Å². The number of rotatable bonds is 5. The first kappa shape index (κ1) is 14.0. The van der Waals surface area contributed by atoms with E-state index in [0.29, 0.717) is 11.0 Å². The molecule has 0 saturated carbocycles. The second kappa shape index (κ2) is 6.59. The summed E-state index contributed by atoms with van der Waals surface area (Å²) in [6.07, 6.45) is 2.76. The first-order chi connectivity index (χ1) is 7.56. The van der Waals surface area contributed by atoms with Gasteiger partial charge in [-0.25, -0.2) is 0 Å². The fraction of sp³-hybridized carbons (Fsp3) is 0.455. The Morgan fingerprint density at radius 2 is 1.94 bits per heavy atom. The maximum atomic E-state index is 9.88. The van der Waals surface area contributed by atoms with E-state index in [1.54, 1.807) is 6.07 Å². The molecule has 5 heteroatoms. The molecule has 90 valence electrons. The molecule has 0 unspecified atom stereocenters. The Morgan fingerprint density at radius 1 is 1.25 bits per heavy atom. The summed E-state index contributed by atoms with van der Waals surface area (Å²) in [5.41, 5.74) is 12.2. The zero-order valence-corrected chi connectivity index (χ0v) is 12.1. The van der Waals surface area contributed by atoms with Crippen molar-refractivity contribution >= 4 is 31.9 Å². The van der Waals surface area contributed by atoms with Gasteiger partial charge in [-0.2, -0.15) is 0 Å². The van der Waals surface area contributed by atoms with Gasteiger partial charge in [-0.15, -0.1) is 0 Å². The van der Waals surface area contributed by atoms with Crippen LogP contribution in [0.1, 0.15) is 30.9 Å². The molecule has 1 aromatic carbocycles. The van der Waals surface area contributed by atoms with E-state index in [0.717, 1.165) is 29.3 Å². The third-order valence-electron chi connectivity index (χ3n) is 2.43. The average molecular weight is 352 g/mol. The van der Waals surface area contributed by atoms with Crippen molar-refractivity contribution in [3.63, 3.8) is 0 Å². The average Bonchev–Trinajstić information content (AvgIpc) is 2.23. The Hall–Kier alpha value is -0.100. The second-order valence-corrected chi connectivity index (χ2v) is 5.49. The molecule has 0 bridgehead atoms. The first-order valence-electron chi connectivity index (χ1n) is 5.19. The highest BCUT2D eigenvalue weighted by Gasteiger charge is 2.14. The van der Waals surface area contributed by atoms with Gasteiger partial charge in [0, 0.05) is 16.1 Å². The SMILES string of the molecule is NCCCC[C@H](N)c1cc(Br)cc(Br)c1O. The summed E-state index contributed by atoms with van der Waals surface area (Å²) in [4.78, 5) is 0. The molecule has 1 atom stereocenters. The Labute approximate surface area is 112 Å². The molecular formula is C11H16Br2N2O. The molecule has 0 aliphatic rings. The van der Waals surface area contributed by atoms with Crippen molar-refractivity contribution in [1.82, 2.24) is 0 Å². The monoisotopic (exact) mass is 350 g/mol. The molecule has 3 nitrogen and oxygen atoms in total. The molecule has 0 aliphatic heterocycles. The van der Waals surface area contributed by atoms with E-state index in [4.69, 9.17) is 11.5 Å². The van der Waals surface area contributed by atoms with Crippen molar-refractivity contribution in [1.29, 1.82) is 0 Å². The topological polar surface area (TPSA) is 72.3 Å². The van der Waals surface area contributed by atoms with Gasteiger partial charge in [-0.3, -0.25) is 0 Å². The van der Waals surface area contributed by atoms with Crippen LogP contribution in [0.4, 0.5) is 0 Å². The van der Waals surface area contributed by atoms with Crippen molar-refractivity contribution in [3.8, 4) is 5.75 Å². The number of nitrogens with two attached hydrogens (primary N) is 2. The van der Waals surface area contributed by atoms with Crippen molar-refractivity contribution in [2.75, 3.05) is 6.54 Å². The molecule has 0 amide bonds. The highest BCUT2D eigenvalue weighted by Crippen LogP contribution is 2.35. The summed E-state index contributed by atoms with van der Waals surface area (Å²) in [6.45, 7) is 0.681. The van der Waals surface area contributed by atoms with Gasteiger partial charge in [-0.05, 0) is 47.4 Å². The van der Waals surface area contributed by atoms with Crippen LogP contribution in [0.3, 0.4) is 0 Å². The van der Waals surface area contributed by atoms with Crippen LogP contribution in [0.5, 0.6) is 5.75 Å². The van der Waals surface area contributed by atoms with Crippen LogP contribution in [0.15, 0.2) is 21.1 Å². The Morgan fingerprint density at radius 3 is 2.56 bits per heavy atom. The van der Waals surface area contributed by atoms with E-state index < -0.39 is 0 Å². The first-order valence-corrected chi connectivity index (χ1v) is 6.78. The highest BCUT2D eigenvalue weighted by atomic mass is 79.9. The molecule has 0 aliphatic carbocycles. The lowest BCUT2D eigenvalue weighted by molar-refractivity contribution is 0.452. The van der Waals surface area contributed by atoms with E-state index in [9.17, 15) is 5.11 Å². The molecule has 1 aromatic rings. The molecule has 5 N–H and O–H groups in total. The summed E-state index contributed by atoms with van der Waals surface area (Å²) in [5.74, 6) is 0.225. The smallest absolute Gasteiger partial charge is 0.134 e. The van der Waals surface area contributed by atoms with E-state index in [1.807, 2.05) is 6.07 Å². The van der Waals surface area contributed by atoms with Gasteiger partial charge in [-0.1, -0.05) is 22.4 Å². The van der Waals surface area contributed by atoms with Crippen molar-refractivity contribution in [2.24, 2.45) is 11.5 Å². The minimum Gasteiger partial charge on any atom is -0.506 e. The predicted molar refractivity (Wildman–Crippen MR) is 73.3 cm³/mol. The number of aromatic hydroxyl groups is 1. The zero-order valence-electron chi connectivity index (χ0n) is 8.92. The summed E-state index contributed by atoms with van der Waals surface area (Å²) < 4.78 is 1.56. The van der Waals surface area contributed by atoms with E-state index >= 15 is 0 Å². The minimum absolute atomic E-state index is 0.152. The van der Waals surface area contributed by atoms with E-state index in [-0.39, 0.29) is 11.8 Å². The molecule has 1 rings (SSSR count). The number of phenolic OH excluding ortho intramolecular Hbond substituents is 1. The van der Waals surface area contributed by atoms with Gasteiger partial charge >= 0.3 is 0 Å². The summed E-state index contributed by atoms with van der Waals surface area (Å²) in [6, 6.07) is 3.50. The normalized spacial score (nSPS) is 12.8. The molecule has 0 radical (unpaired) electrons. The molecule has 0 heterocycles. The number of unbranched alkanes of at least 4 members (excludes halogenated alkanes) is 1. The molecule has 16 heavy (non-hydrogen) atoms. The molecule has 0 aromatic heterocycles. The van der Waals surface area contributed by atoms with Crippen LogP contribution in [-0.4, -0.2) is 11.7 Å². The number of hydrogen-bond acceptors (Lipinski definition) is 3. The standard InChI is InChI=1S/C11H16Br2N2O/c12-7-5-8(11(16)9(13)6-7)10(15)3-1-2-4-14/h5-6,10,16H,1-4,14-15H2/t10-/m0/s1. The maximum Gasteiger partial charge on any atom is 0.134 e. The van der Waals surface area contributed by atoms with Gasteiger partial charge < -0.3 is 16.6 Å². The van der Waals surface area contributed by atoms with Crippen LogP contribution in [-0.2, 0) is 0 Å². The van der Waals surface area contributed by atoms with Crippen LogP contribution < -0.4 is 11.5 Å². The molecular weight excluding hydrogens is 336 g/mol. The number of phenols is 1. The summed E-state index contributed by atoms with van der Waals surface area (Å²) in [7, 11) is 0. The molecule has 0 spiro atoms. The maximum absolute atomic E-state index is 9.88. The highest BCUT2D eigenvalue weighted by molar-refractivity contribution is 9.11. The van der Waals surface area contributed by atoms with Crippen molar-refractivity contribution in [3.05, 3.63) is 26.6 Å². The fourth-order valence-corrected chi connectivity index (χ4v) is 2.79. The Bertz CT molecular complexity index is 358. The van der Waals surface area contributed by atoms with Crippen LogP contribution in [0.25, 0.3) is 0 Å². The number of hydrogen-bond donors (Lipinski definition) is 3. The fourth-order valence-electron chi connectivity index (χ4n) is 1.53.